The number of aliphatic hydroxyl groups excluding tert-OH is 1. The molecule has 0 amide bonds. The molecule has 1 N–H and O–H groups in total. The van der Waals surface area contributed by atoms with Crippen LogP contribution in [-0.2, 0) is 6.42 Å². The average Bonchev–Trinajstić information content (AvgIpc) is 2.44. The molecule has 0 aromatic heterocycles. The van der Waals surface area contributed by atoms with Gasteiger partial charge in [0.1, 0.15) is 17.4 Å². The normalized spacial score (nSPS) is 12.2. The minimum Gasteiger partial charge on any atom is -0.497 e. The quantitative estimate of drug-likeness (QED) is 0.860. The average molecular weight is 357 g/mol. The SMILES string of the molecule is COc1ccc(CCC(O)c2c(F)cc(Br)cc2F)cc1. The molecule has 112 valence electrons. The van der Waals surface area contributed by atoms with E-state index in [0.29, 0.717) is 10.9 Å². The first-order valence-corrected chi connectivity index (χ1v) is 7.26. The summed E-state index contributed by atoms with van der Waals surface area (Å²) in [6.45, 7) is 0. The summed E-state index contributed by atoms with van der Waals surface area (Å²) < 4.78 is 32.8. The Balaban J connectivity index is 2.06. The first-order valence-electron chi connectivity index (χ1n) is 6.46. The minimum atomic E-state index is -1.18. The molecule has 0 saturated carbocycles. The van der Waals surface area contributed by atoms with Crippen molar-refractivity contribution in [3.05, 3.63) is 63.6 Å². The standard InChI is InChI=1S/C16H15BrF2O2/c1-21-12-5-2-10(3-6-12)4-7-15(20)16-13(18)8-11(17)9-14(16)19/h2-3,5-6,8-9,15,20H,4,7H2,1H3. The maximum absolute atomic E-state index is 13.7. The highest BCUT2D eigenvalue weighted by molar-refractivity contribution is 9.10. The second kappa shape index (κ2) is 7.00. The van der Waals surface area contributed by atoms with Crippen LogP contribution >= 0.6 is 15.9 Å². The zero-order chi connectivity index (χ0) is 15.4. The zero-order valence-corrected chi connectivity index (χ0v) is 13.0. The van der Waals surface area contributed by atoms with E-state index in [2.05, 4.69) is 15.9 Å². The Labute approximate surface area is 130 Å². The van der Waals surface area contributed by atoms with Crippen molar-refractivity contribution in [2.24, 2.45) is 0 Å². The molecule has 2 nitrogen and oxygen atoms in total. The fraction of sp³-hybridized carbons (Fsp3) is 0.250. The molecule has 1 atom stereocenters. The topological polar surface area (TPSA) is 29.5 Å². The van der Waals surface area contributed by atoms with E-state index < -0.39 is 17.7 Å². The molecule has 0 fully saturated rings. The first-order chi connectivity index (χ1) is 10.0. The summed E-state index contributed by atoms with van der Waals surface area (Å²) >= 11 is 3.01. The van der Waals surface area contributed by atoms with Gasteiger partial charge < -0.3 is 9.84 Å². The van der Waals surface area contributed by atoms with Gasteiger partial charge in [0.15, 0.2) is 0 Å². The lowest BCUT2D eigenvalue weighted by Gasteiger charge is -2.13. The van der Waals surface area contributed by atoms with Crippen molar-refractivity contribution in [1.82, 2.24) is 0 Å². The Bertz CT molecular complexity index is 591. The minimum absolute atomic E-state index is 0.238. The highest BCUT2D eigenvalue weighted by Crippen LogP contribution is 2.27. The van der Waals surface area contributed by atoms with Crippen LogP contribution in [0.1, 0.15) is 23.7 Å². The van der Waals surface area contributed by atoms with Crippen molar-refractivity contribution in [3.63, 3.8) is 0 Å². The number of aryl methyl sites for hydroxylation is 1. The lowest BCUT2D eigenvalue weighted by atomic mass is 10.0. The maximum atomic E-state index is 13.7. The van der Waals surface area contributed by atoms with Gasteiger partial charge in [-0.25, -0.2) is 8.78 Å². The highest BCUT2D eigenvalue weighted by Gasteiger charge is 2.18. The largest absolute Gasteiger partial charge is 0.497 e. The molecular weight excluding hydrogens is 342 g/mol. The van der Waals surface area contributed by atoms with Gasteiger partial charge in [0.2, 0.25) is 0 Å². The predicted octanol–water partition coefficient (Wildman–Crippen LogP) is 4.40. The van der Waals surface area contributed by atoms with Gasteiger partial charge in [-0.3, -0.25) is 0 Å². The van der Waals surface area contributed by atoms with E-state index in [0.717, 1.165) is 23.4 Å². The first kappa shape index (κ1) is 15.9. The van der Waals surface area contributed by atoms with Crippen LogP contribution in [0.2, 0.25) is 0 Å². The summed E-state index contributed by atoms with van der Waals surface area (Å²) in [6, 6.07) is 9.63. The van der Waals surface area contributed by atoms with E-state index in [1.54, 1.807) is 7.11 Å². The summed E-state index contributed by atoms with van der Waals surface area (Å²) in [5, 5.41) is 10.0. The Morgan fingerprint density at radius 3 is 2.24 bits per heavy atom. The van der Waals surface area contributed by atoms with Gasteiger partial charge in [0.25, 0.3) is 0 Å². The van der Waals surface area contributed by atoms with E-state index in [1.807, 2.05) is 24.3 Å². The highest BCUT2D eigenvalue weighted by atomic mass is 79.9. The van der Waals surface area contributed by atoms with Gasteiger partial charge >= 0.3 is 0 Å². The van der Waals surface area contributed by atoms with Crippen molar-refractivity contribution in [3.8, 4) is 5.75 Å². The molecule has 2 aromatic carbocycles. The Morgan fingerprint density at radius 2 is 1.71 bits per heavy atom. The van der Waals surface area contributed by atoms with Crippen molar-refractivity contribution < 1.29 is 18.6 Å². The van der Waals surface area contributed by atoms with Crippen LogP contribution in [0.3, 0.4) is 0 Å². The molecule has 21 heavy (non-hydrogen) atoms. The van der Waals surface area contributed by atoms with Crippen LogP contribution in [0.5, 0.6) is 5.75 Å². The van der Waals surface area contributed by atoms with Crippen molar-refractivity contribution >= 4 is 15.9 Å². The molecule has 5 heteroatoms. The Morgan fingerprint density at radius 1 is 1.14 bits per heavy atom. The number of hydrogen-bond acceptors (Lipinski definition) is 2. The molecule has 2 aromatic rings. The van der Waals surface area contributed by atoms with Crippen LogP contribution in [0.15, 0.2) is 40.9 Å². The second-order valence-electron chi connectivity index (χ2n) is 4.69. The molecule has 0 saturated heterocycles. The predicted molar refractivity (Wildman–Crippen MR) is 80.3 cm³/mol. The smallest absolute Gasteiger partial charge is 0.133 e. The lowest BCUT2D eigenvalue weighted by molar-refractivity contribution is 0.158. The van der Waals surface area contributed by atoms with Gasteiger partial charge in [-0.1, -0.05) is 28.1 Å². The number of hydrogen-bond donors (Lipinski definition) is 1. The molecule has 0 heterocycles. The van der Waals surface area contributed by atoms with E-state index in [1.165, 1.54) is 0 Å². The molecule has 1 unspecified atom stereocenters. The third-order valence-corrected chi connectivity index (χ3v) is 3.70. The van der Waals surface area contributed by atoms with Gasteiger partial charge in [-0.2, -0.15) is 0 Å². The maximum Gasteiger partial charge on any atom is 0.133 e. The Hall–Kier alpha value is -1.46. The monoisotopic (exact) mass is 356 g/mol. The molecule has 0 aliphatic rings. The van der Waals surface area contributed by atoms with Crippen LogP contribution in [0, 0.1) is 11.6 Å². The summed E-state index contributed by atoms with van der Waals surface area (Å²) in [5.74, 6) is -0.752. The van der Waals surface area contributed by atoms with Crippen LogP contribution < -0.4 is 4.74 Å². The summed E-state index contributed by atoms with van der Waals surface area (Å²) in [7, 11) is 1.58. The van der Waals surface area contributed by atoms with Crippen LogP contribution in [-0.4, -0.2) is 12.2 Å². The van der Waals surface area contributed by atoms with Crippen molar-refractivity contribution in [2.75, 3.05) is 7.11 Å². The third-order valence-electron chi connectivity index (χ3n) is 3.24. The van der Waals surface area contributed by atoms with Gasteiger partial charge in [-0.15, -0.1) is 0 Å². The molecule has 0 radical (unpaired) electrons. The number of methoxy groups -OCH3 is 1. The number of ether oxygens (including phenoxy) is 1. The molecular formula is C16H15BrF2O2. The van der Waals surface area contributed by atoms with E-state index in [-0.39, 0.29) is 12.0 Å². The lowest BCUT2D eigenvalue weighted by Crippen LogP contribution is -2.06. The van der Waals surface area contributed by atoms with Gasteiger partial charge in [0, 0.05) is 4.47 Å². The van der Waals surface area contributed by atoms with Crippen LogP contribution in [0.4, 0.5) is 8.78 Å². The van der Waals surface area contributed by atoms with Crippen molar-refractivity contribution in [1.29, 1.82) is 0 Å². The fourth-order valence-electron chi connectivity index (χ4n) is 2.11. The molecule has 0 bridgehead atoms. The number of rotatable bonds is 5. The van der Waals surface area contributed by atoms with Crippen LogP contribution in [0.25, 0.3) is 0 Å². The Kier molecular flexibility index (Phi) is 5.31. The van der Waals surface area contributed by atoms with E-state index in [9.17, 15) is 13.9 Å². The fourth-order valence-corrected chi connectivity index (χ4v) is 2.51. The molecule has 0 spiro atoms. The zero-order valence-electron chi connectivity index (χ0n) is 11.4. The van der Waals surface area contributed by atoms with Crippen molar-refractivity contribution in [2.45, 2.75) is 18.9 Å². The molecule has 0 aliphatic carbocycles. The third kappa shape index (κ3) is 4.02. The van der Waals surface area contributed by atoms with E-state index in [4.69, 9.17) is 4.74 Å². The summed E-state index contributed by atoms with van der Waals surface area (Å²) in [4.78, 5) is 0. The summed E-state index contributed by atoms with van der Waals surface area (Å²) in [5.41, 5.74) is 0.680. The van der Waals surface area contributed by atoms with Gasteiger partial charge in [0.05, 0.1) is 18.8 Å². The number of benzene rings is 2. The van der Waals surface area contributed by atoms with Gasteiger partial charge in [-0.05, 0) is 42.7 Å². The molecule has 0 aliphatic heterocycles. The van der Waals surface area contributed by atoms with E-state index >= 15 is 0 Å². The molecule has 2 rings (SSSR count). The number of aliphatic hydroxyl groups is 1. The summed E-state index contributed by atoms with van der Waals surface area (Å²) in [6.07, 6.45) is -0.428. The number of halogens is 3. The second-order valence-corrected chi connectivity index (χ2v) is 5.60.